The van der Waals surface area contributed by atoms with E-state index in [1.165, 1.54) is 5.56 Å². The molecule has 1 heterocycles. The van der Waals surface area contributed by atoms with E-state index >= 15 is 0 Å². The van der Waals surface area contributed by atoms with Gasteiger partial charge in [-0.3, -0.25) is 0 Å². The zero-order chi connectivity index (χ0) is 13.1. The summed E-state index contributed by atoms with van der Waals surface area (Å²) in [7, 11) is 0. The zero-order valence-corrected chi connectivity index (χ0v) is 11.1. The second-order valence-corrected chi connectivity index (χ2v) is 4.74. The molecule has 3 heteroatoms. The van der Waals surface area contributed by atoms with Crippen molar-refractivity contribution in [2.45, 2.75) is 33.1 Å². The average molecular weight is 241 g/mol. The van der Waals surface area contributed by atoms with Gasteiger partial charge >= 0.3 is 0 Å². The summed E-state index contributed by atoms with van der Waals surface area (Å²) in [4.78, 5) is 8.86. The van der Waals surface area contributed by atoms with Gasteiger partial charge in [0, 0.05) is 17.5 Å². The Kier molecular flexibility index (Phi) is 3.60. The summed E-state index contributed by atoms with van der Waals surface area (Å²) in [5, 5.41) is 0. The van der Waals surface area contributed by atoms with Gasteiger partial charge in [0.05, 0.1) is 5.69 Å². The highest BCUT2D eigenvalue weighted by molar-refractivity contribution is 5.62. The normalized spacial score (nSPS) is 10.9. The van der Waals surface area contributed by atoms with Crippen molar-refractivity contribution in [2.75, 3.05) is 5.73 Å². The maximum absolute atomic E-state index is 5.85. The Hall–Kier alpha value is -1.90. The lowest BCUT2D eigenvalue weighted by Crippen LogP contribution is -2.02. The second-order valence-electron chi connectivity index (χ2n) is 4.74. The summed E-state index contributed by atoms with van der Waals surface area (Å²) in [6.45, 7) is 6.29. The quantitative estimate of drug-likeness (QED) is 0.895. The Morgan fingerprint density at radius 3 is 2.61 bits per heavy atom. The molecule has 0 unspecified atom stereocenters. The molecule has 2 rings (SSSR count). The monoisotopic (exact) mass is 241 g/mol. The Labute approximate surface area is 108 Å². The summed E-state index contributed by atoms with van der Waals surface area (Å²) in [6.07, 6.45) is 1.02. The molecule has 0 saturated heterocycles. The van der Waals surface area contributed by atoms with Gasteiger partial charge in [0.1, 0.15) is 11.6 Å². The number of hydrogen-bond donors (Lipinski definition) is 1. The second kappa shape index (κ2) is 5.17. The van der Waals surface area contributed by atoms with E-state index in [1.807, 2.05) is 6.07 Å². The summed E-state index contributed by atoms with van der Waals surface area (Å²) >= 11 is 0. The molecule has 3 nitrogen and oxygen atoms in total. The minimum Gasteiger partial charge on any atom is -0.384 e. The predicted octanol–water partition coefficient (Wildman–Crippen LogP) is 3.41. The molecule has 0 fully saturated rings. The van der Waals surface area contributed by atoms with Crippen LogP contribution in [0.5, 0.6) is 0 Å². The van der Waals surface area contributed by atoms with Crippen LogP contribution in [0.2, 0.25) is 0 Å². The molecule has 0 radical (unpaired) electrons. The third kappa shape index (κ3) is 2.67. The first kappa shape index (κ1) is 12.6. The summed E-state index contributed by atoms with van der Waals surface area (Å²) in [5.74, 6) is 1.61. The van der Waals surface area contributed by atoms with Crippen LogP contribution in [0.15, 0.2) is 30.3 Å². The third-order valence-corrected chi connectivity index (χ3v) is 2.91. The number of nitrogens with zero attached hydrogens (tertiary/aromatic N) is 2. The fraction of sp³-hybridized carbons (Fsp3) is 0.333. The molecule has 0 spiro atoms. The molecule has 0 bridgehead atoms. The molecule has 18 heavy (non-hydrogen) atoms. The molecule has 0 aliphatic rings. The average Bonchev–Trinajstić information content (AvgIpc) is 2.38. The van der Waals surface area contributed by atoms with E-state index in [-0.39, 0.29) is 5.92 Å². The van der Waals surface area contributed by atoms with E-state index in [9.17, 15) is 0 Å². The highest BCUT2D eigenvalue weighted by atomic mass is 14.9. The van der Waals surface area contributed by atoms with Crippen molar-refractivity contribution in [3.05, 3.63) is 41.7 Å². The predicted molar refractivity (Wildman–Crippen MR) is 75.3 cm³/mol. The molecule has 94 valence electrons. The lowest BCUT2D eigenvalue weighted by molar-refractivity contribution is 0.778. The van der Waals surface area contributed by atoms with Crippen LogP contribution in [-0.2, 0) is 6.42 Å². The van der Waals surface area contributed by atoms with Crippen molar-refractivity contribution in [1.82, 2.24) is 9.97 Å². The minimum absolute atomic E-state index is 0.279. The van der Waals surface area contributed by atoms with Crippen molar-refractivity contribution in [3.63, 3.8) is 0 Å². The minimum atomic E-state index is 0.279. The lowest BCUT2D eigenvalue weighted by atomic mass is 10.1. The van der Waals surface area contributed by atoms with Gasteiger partial charge in [0.25, 0.3) is 0 Å². The van der Waals surface area contributed by atoms with E-state index in [0.717, 1.165) is 23.5 Å². The smallest absolute Gasteiger partial charge is 0.133 e. The molecule has 0 aliphatic heterocycles. The van der Waals surface area contributed by atoms with Crippen LogP contribution in [-0.4, -0.2) is 9.97 Å². The summed E-state index contributed by atoms with van der Waals surface area (Å²) in [5.41, 5.74) is 9.16. The summed E-state index contributed by atoms with van der Waals surface area (Å²) in [6, 6.07) is 10.2. The van der Waals surface area contributed by atoms with Crippen LogP contribution in [0.25, 0.3) is 11.3 Å². The maximum atomic E-state index is 5.85. The lowest BCUT2D eigenvalue weighted by Gasteiger charge is -2.09. The topological polar surface area (TPSA) is 51.8 Å². The van der Waals surface area contributed by atoms with E-state index in [1.54, 1.807) is 0 Å². The van der Waals surface area contributed by atoms with Crippen molar-refractivity contribution in [2.24, 2.45) is 0 Å². The Morgan fingerprint density at radius 2 is 1.94 bits per heavy atom. The molecule has 0 saturated carbocycles. The van der Waals surface area contributed by atoms with Crippen LogP contribution < -0.4 is 5.73 Å². The zero-order valence-electron chi connectivity index (χ0n) is 11.1. The number of nitrogen functional groups attached to an aromatic ring is 1. The van der Waals surface area contributed by atoms with Crippen LogP contribution in [0.1, 0.15) is 38.1 Å². The number of anilines is 1. The first-order valence-corrected chi connectivity index (χ1v) is 6.34. The van der Waals surface area contributed by atoms with E-state index < -0.39 is 0 Å². The van der Waals surface area contributed by atoms with Gasteiger partial charge in [-0.2, -0.15) is 0 Å². The van der Waals surface area contributed by atoms with Gasteiger partial charge in [-0.25, -0.2) is 9.97 Å². The highest BCUT2D eigenvalue weighted by Crippen LogP contribution is 2.22. The number of nitrogens with two attached hydrogens (primary N) is 1. The molecule has 1 aromatic heterocycles. The Morgan fingerprint density at radius 1 is 1.17 bits per heavy atom. The van der Waals surface area contributed by atoms with Crippen LogP contribution in [0.3, 0.4) is 0 Å². The van der Waals surface area contributed by atoms with Crippen molar-refractivity contribution in [1.29, 1.82) is 0 Å². The standard InChI is InChI=1S/C15H19N3/c1-4-11-6-5-7-12(8-11)13-9-14(16)18-15(17-13)10(2)3/h5-10H,4H2,1-3H3,(H2,16,17,18). The van der Waals surface area contributed by atoms with E-state index in [0.29, 0.717) is 5.82 Å². The fourth-order valence-corrected chi connectivity index (χ4v) is 1.84. The Bertz CT molecular complexity index is 547. The third-order valence-electron chi connectivity index (χ3n) is 2.91. The van der Waals surface area contributed by atoms with Gasteiger partial charge in [0.15, 0.2) is 0 Å². The number of aryl methyl sites for hydroxylation is 1. The molecular formula is C15H19N3. The van der Waals surface area contributed by atoms with Gasteiger partial charge in [0.2, 0.25) is 0 Å². The van der Waals surface area contributed by atoms with Crippen molar-refractivity contribution in [3.8, 4) is 11.3 Å². The largest absolute Gasteiger partial charge is 0.384 e. The molecule has 0 aliphatic carbocycles. The van der Waals surface area contributed by atoms with Crippen LogP contribution >= 0.6 is 0 Å². The number of rotatable bonds is 3. The van der Waals surface area contributed by atoms with Gasteiger partial charge in [-0.1, -0.05) is 39.0 Å². The number of hydrogen-bond acceptors (Lipinski definition) is 3. The van der Waals surface area contributed by atoms with Gasteiger partial charge in [-0.05, 0) is 18.1 Å². The molecular weight excluding hydrogens is 222 g/mol. The number of aromatic nitrogens is 2. The maximum Gasteiger partial charge on any atom is 0.133 e. The van der Waals surface area contributed by atoms with Crippen molar-refractivity contribution < 1.29 is 0 Å². The first-order chi connectivity index (χ1) is 8.60. The van der Waals surface area contributed by atoms with E-state index in [2.05, 4.69) is 55.0 Å². The molecule has 2 N–H and O–H groups in total. The number of benzene rings is 1. The van der Waals surface area contributed by atoms with Crippen molar-refractivity contribution >= 4 is 5.82 Å². The fourth-order valence-electron chi connectivity index (χ4n) is 1.84. The summed E-state index contributed by atoms with van der Waals surface area (Å²) < 4.78 is 0. The van der Waals surface area contributed by atoms with Gasteiger partial charge < -0.3 is 5.73 Å². The molecule has 2 aromatic rings. The van der Waals surface area contributed by atoms with Crippen LogP contribution in [0.4, 0.5) is 5.82 Å². The van der Waals surface area contributed by atoms with Gasteiger partial charge in [-0.15, -0.1) is 0 Å². The van der Waals surface area contributed by atoms with E-state index in [4.69, 9.17) is 5.73 Å². The van der Waals surface area contributed by atoms with Crippen LogP contribution in [0, 0.1) is 0 Å². The Balaban J connectivity index is 2.49. The highest BCUT2D eigenvalue weighted by Gasteiger charge is 2.08. The molecule has 0 amide bonds. The molecule has 0 atom stereocenters. The molecule has 1 aromatic carbocycles. The first-order valence-electron chi connectivity index (χ1n) is 6.34. The SMILES string of the molecule is CCc1cccc(-c2cc(N)nc(C(C)C)n2)c1.